The Balaban J connectivity index is 2.49. The zero-order chi connectivity index (χ0) is 18.8. The van der Waals surface area contributed by atoms with Gasteiger partial charge in [-0.05, 0) is 63.7 Å². The molecule has 2 aliphatic rings. The monoisotopic (exact) mass is 348 g/mol. The lowest BCUT2D eigenvalue weighted by Crippen LogP contribution is -2.44. The lowest BCUT2D eigenvalue weighted by Gasteiger charge is -2.41. The van der Waals surface area contributed by atoms with E-state index in [1.54, 1.807) is 0 Å². The van der Waals surface area contributed by atoms with Crippen molar-refractivity contribution in [3.8, 4) is 0 Å². The average molecular weight is 349 g/mol. The molecule has 0 heterocycles. The van der Waals surface area contributed by atoms with E-state index in [9.17, 15) is 9.90 Å². The van der Waals surface area contributed by atoms with Gasteiger partial charge in [-0.3, -0.25) is 4.79 Å². The predicted octanol–water partition coefficient (Wildman–Crippen LogP) is 5.04. The lowest BCUT2D eigenvalue weighted by molar-refractivity contribution is -0.154. The highest BCUT2D eigenvalue weighted by molar-refractivity contribution is 5.66. The van der Waals surface area contributed by atoms with Crippen molar-refractivity contribution in [3.63, 3.8) is 0 Å². The van der Waals surface area contributed by atoms with Gasteiger partial charge in [-0.25, -0.2) is 0 Å². The SMILES string of the molecule is CC(=O)OC1C/C(C)=C/CC[C@@H](C)/C=C/[C@@]2(C)CC[C@@H](C(C)(C)O)[C@H]12. The van der Waals surface area contributed by atoms with E-state index in [-0.39, 0.29) is 29.3 Å². The van der Waals surface area contributed by atoms with Crippen molar-refractivity contribution >= 4 is 5.97 Å². The molecule has 0 aromatic rings. The maximum Gasteiger partial charge on any atom is 0.302 e. The van der Waals surface area contributed by atoms with Crippen molar-refractivity contribution in [3.05, 3.63) is 23.8 Å². The fourth-order valence-corrected chi connectivity index (χ4v) is 4.87. The van der Waals surface area contributed by atoms with Crippen LogP contribution >= 0.6 is 0 Å². The molecule has 25 heavy (non-hydrogen) atoms. The van der Waals surface area contributed by atoms with Crippen LogP contribution in [0.5, 0.6) is 0 Å². The second-order valence-corrected chi connectivity index (χ2v) is 9.15. The van der Waals surface area contributed by atoms with Gasteiger partial charge in [-0.2, -0.15) is 0 Å². The third-order valence-electron chi connectivity index (χ3n) is 6.26. The normalized spacial score (nSPS) is 40.4. The highest BCUT2D eigenvalue weighted by Gasteiger charge is 2.53. The molecule has 0 aromatic carbocycles. The zero-order valence-electron chi connectivity index (χ0n) is 16.8. The predicted molar refractivity (Wildman–Crippen MR) is 102 cm³/mol. The smallest absolute Gasteiger partial charge is 0.302 e. The van der Waals surface area contributed by atoms with Crippen LogP contribution in [-0.2, 0) is 9.53 Å². The van der Waals surface area contributed by atoms with E-state index in [0.717, 1.165) is 32.1 Å². The molecular weight excluding hydrogens is 312 g/mol. The Kier molecular flexibility index (Phi) is 6.19. The van der Waals surface area contributed by atoms with Gasteiger partial charge in [0.05, 0.1) is 5.60 Å². The van der Waals surface area contributed by atoms with Crippen molar-refractivity contribution in [1.29, 1.82) is 0 Å². The molecule has 0 radical (unpaired) electrons. The Hall–Kier alpha value is -1.09. The van der Waals surface area contributed by atoms with Gasteiger partial charge in [-0.15, -0.1) is 0 Å². The largest absolute Gasteiger partial charge is 0.462 e. The Morgan fingerprint density at radius 2 is 2.04 bits per heavy atom. The van der Waals surface area contributed by atoms with Crippen LogP contribution in [0.2, 0.25) is 0 Å². The van der Waals surface area contributed by atoms with Gasteiger partial charge in [0.2, 0.25) is 0 Å². The second-order valence-electron chi connectivity index (χ2n) is 9.15. The molecule has 142 valence electrons. The summed E-state index contributed by atoms with van der Waals surface area (Å²) >= 11 is 0. The van der Waals surface area contributed by atoms with Crippen LogP contribution in [0, 0.1) is 23.2 Å². The molecule has 0 saturated heterocycles. The lowest BCUT2D eigenvalue weighted by atomic mass is 9.68. The molecular formula is C22H36O3. The van der Waals surface area contributed by atoms with Crippen LogP contribution in [-0.4, -0.2) is 22.8 Å². The van der Waals surface area contributed by atoms with Crippen LogP contribution in [0.25, 0.3) is 0 Å². The van der Waals surface area contributed by atoms with Crippen LogP contribution < -0.4 is 0 Å². The van der Waals surface area contributed by atoms with E-state index in [1.807, 2.05) is 13.8 Å². The molecule has 0 bridgehead atoms. The number of ether oxygens (including phenoxy) is 1. The number of aliphatic hydroxyl groups is 1. The molecule has 0 amide bonds. The summed E-state index contributed by atoms with van der Waals surface area (Å²) in [5, 5.41) is 10.8. The first-order chi connectivity index (χ1) is 11.5. The van der Waals surface area contributed by atoms with Crippen molar-refractivity contribution in [2.45, 2.75) is 85.4 Å². The Morgan fingerprint density at radius 3 is 2.64 bits per heavy atom. The number of hydrogen-bond donors (Lipinski definition) is 1. The third-order valence-corrected chi connectivity index (χ3v) is 6.26. The van der Waals surface area contributed by atoms with Gasteiger partial charge in [-0.1, -0.05) is 37.6 Å². The summed E-state index contributed by atoms with van der Waals surface area (Å²) in [6.07, 6.45) is 11.7. The van der Waals surface area contributed by atoms with Crippen molar-refractivity contribution in [1.82, 2.24) is 0 Å². The Morgan fingerprint density at radius 1 is 1.36 bits per heavy atom. The van der Waals surface area contributed by atoms with E-state index in [0.29, 0.717) is 5.92 Å². The van der Waals surface area contributed by atoms with E-state index >= 15 is 0 Å². The van der Waals surface area contributed by atoms with Crippen molar-refractivity contribution in [2.24, 2.45) is 23.2 Å². The van der Waals surface area contributed by atoms with Gasteiger partial charge in [0, 0.05) is 19.3 Å². The zero-order valence-corrected chi connectivity index (χ0v) is 16.8. The molecule has 3 heteroatoms. The van der Waals surface area contributed by atoms with E-state index < -0.39 is 5.60 Å². The quantitative estimate of drug-likeness (QED) is 0.561. The number of carbonyl (C=O) groups excluding carboxylic acids is 1. The number of hydrogen-bond acceptors (Lipinski definition) is 3. The highest BCUT2D eigenvalue weighted by atomic mass is 16.5. The maximum absolute atomic E-state index is 11.8. The van der Waals surface area contributed by atoms with Crippen molar-refractivity contribution < 1.29 is 14.6 Å². The highest BCUT2D eigenvalue weighted by Crippen LogP contribution is 2.54. The van der Waals surface area contributed by atoms with Gasteiger partial charge in [0.15, 0.2) is 0 Å². The molecule has 5 atom stereocenters. The Bertz CT molecular complexity index is 540. The van der Waals surface area contributed by atoms with E-state index in [2.05, 4.69) is 39.0 Å². The summed E-state index contributed by atoms with van der Waals surface area (Å²) in [4.78, 5) is 11.8. The molecule has 1 unspecified atom stereocenters. The van der Waals surface area contributed by atoms with Gasteiger partial charge >= 0.3 is 5.97 Å². The first-order valence-electron chi connectivity index (χ1n) is 9.77. The topological polar surface area (TPSA) is 46.5 Å². The minimum Gasteiger partial charge on any atom is -0.462 e. The van der Waals surface area contributed by atoms with E-state index in [1.165, 1.54) is 12.5 Å². The third kappa shape index (κ3) is 4.97. The minimum atomic E-state index is -0.780. The summed E-state index contributed by atoms with van der Waals surface area (Å²) in [7, 11) is 0. The van der Waals surface area contributed by atoms with Crippen molar-refractivity contribution in [2.75, 3.05) is 0 Å². The number of rotatable bonds is 2. The number of allylic oxidation sites excluding steroid dienone is 3. The average Bonchev–Trinajstić information content (AvgIpc) is 2.81. The van der Waals surface area contributed by atoms with E-state index in [4.69, 9.17) is 4.74 Å². The molecule has 2 aliphatic carbocycles. The van der Waals surface area contributed by atoms with Crippen LogP contribution in [0.4, 0.5) is 0 Å². The van der Waals surface area contributed by atoms with Gasteiger partial charge in [0.25, 0.3) is 0 Å². The number of fused-ring (bicyclic) bond motifs is 1. The first kappa shape index (κ1) is 20.2. The first-order valence-corrected chi connectivity index (χ1v) is 9.77. The van der Waals surface area contributed by atoms with Crippen LogP contribution in [0.1, 0.15) is 73.6 Å². The fourth-order valence-electron chi connectivity index (χ4n) is 4.87. The number of esters is 1. The molecule has 0 spiro atoms. The van der Waals surface area contributed by atoms with Crippen LogP contribution in [0.3, 0.4) is 0 Å². The minimum absolute atomic E-state index is 0.0519. The molecule has 0 aliphatic heterocycles. The summed E-state index contributed by atoms with van der Waals surface area (Å²) in [6.45, 7) is 12.0. The Labute approximate surface area is 153 Å². The van der Waals surface area contributed by atoms with Crippen LogP contribution in [0.15, 0.2) is 23.8 Å². The molecule has 1 N–H and O–H groups in total. The maximum atomic E-state index is 11.8. The van der Waals surface area contributed by atoms with Gasteiger partial charge < -0.3 is 9.84 Å². The molecule has 3 nitrogen and oxygen atoms in total. The summed E-state index contributed by atoms with van der Waals surface area (Å²) in [5.74, 6) is 0.554. The summed E-state index contributed by atoms with van der Waals surface area (Å²) in [5.41, 5.74) is 0.450. The standard InChI is InChI=1S/C22H36O3/c1-15-8-7-9-16(2)14-19(25-17(3)23)20-18(21(4,5)24)11-13-22(20,6)12-10-15/h9-10,12,15,18-20,24H,7-8,11,13-14H2,1-6H3/b12-10+,16-9+/t15-,18-,19?,20-,22+/m1/s1. The molecule has 2 rings (SSSR count). The summed E-state index contributed by atoms with van der Waals surface area (Å²) < 4.78 is 5.84. The van der Waals surface area contributed by atoms with Gasteiger partial charge in [0.1, 0.15) is 6.10 Å². The number of carbonyl (C=O) groups is 1. The second kappa shape index (κ2) is 7.65. The molecule has 1 saturated carbocycles. The molecule has 1 fully saturated rings. The summed E-state index contributed by atoms with van der Waals surface area (Å²) in [6, 6.07) is 0. The fraction of sp³-hybridized carbons (Fsp3) is 0.773. The molecule has 0 aromatic heterocycles.